The van der Waals surface area contributed by atoms with E-state index < -0.39 is 0 Å². The molecule has 1 aliphatic heterocycles. The molecule has 0 fully saturated rings. The lowest BCUT2D eigenvalue weighted by molar-refractivity contribution is -0.111. The summed E-state index contributed by atoms with van der Waals surface area (Å²) in [7, 11) is 0. The van der Waals surface area contributed by atoms with Crippen molar-refractivity contribution in [2.24, 2.45) is 0 Å². The third-order valence-electron chi connectivity index (χ3n) is 4.36. The van der Waals surface area contributed by atoms with Gasteiger partial charge in [-0.25, -0.2) is 9.97 Å². The number of halogens is 1. The van der Waals surface area contributed by atoms with Gasteiger partial charge in [-0.15, -0.1) is 0 Å². The van der Waals surface area contributed by atoms with Crippen LogP contribution in [0.1, 0.15) is 11.1 Å². The molecule has 7 heteroatoms. The van der Waals surface area contributed by atoms with E-state index in [1.54, 1.807) is 30.6 Å². The summed E-state index contributed by atoms with van der Waals surface area (Å²) in [6.45, 7) is 2.36. The van der Waals surface area contributed by atoms with Gasteiger partial charge in [0.05, 0.1) is 0 Å². The van der Waals surface area contributed by atoms with Gasteiger partial charge < -0.3 is 10.1 Å². The van der Waals surface area contributed by atoms with E-state index in [9.17, 15) is 4.79 Å². The molecule has 150 valence electrons. The topological polar surface area (TPSA) is 64.1 Å². The van der Waals surface area contributed by atoms with E-state index >= 15 is 0 Å². The number of aromatic nitrogens is 2. The number of amides is 1. The van der Waals surface area contributed by atoms with Crippen LogP contribution in [0.2, 0.25) is 5.02 Å². The van der Waals surface area contributed by atoms with E-state index in [0.717, 1.165) is 33.0 Å². The third-order valence-corrected chi connectivity index (χ3v) is 5.48. The predicted molar refractivity (Wildman–Crippen MR) is 120 cm³/mol. The molecule has 2 aromatic carbocycles. The van der Waals surface area contributed by atoms with Crippen molar-refractivity contribution >= 4 is 41.0 Å². The summed E-state index contributed by atoms with van der Waals surface area (Å²) in [6.07, 6.45) is 8.65. The molecule has 0 saturated heterocycles. The highest BCUT2D eigenvalue weighted by Crippen LogP contribution is 2.30. The van der Waals surface area contributed by atoms with Crippen molar-refractivity contribution in [1.29, 1.82) is 0 Å². The number of rotatable bonds is 5. The summed E-state index contributed by atoms with van der Waals surface area (Å²) in [5, 5.41) is 4.24. The average molecular weight is 436 g/mol. The van der Waals surface area contributed by atoms with Gasteiger partial charge in [-0.1, -0.05) is 17.7 Å². The Kier molecular flexibility index (Phi) is 6.16. The number of anilines is 1. The van der Waals surface area contributed by atoms with Crippen molar-refractivity contribution in [2.45, 2.75) is 17.0 Å². The highest BCUT2D eigenvalue weighted by atomic mass is 35.5. The van der Waals surface area contributed by atoms with Gasteiger partial charge in [0.15, 0.2) is 5.16 Å². The molecule has 0 saturated carbocycles. The predicted octanol–water partition coefficient (Wildman–Crippen LogP) is 5.56. The van der Waals surface area contributed by atoms with Crippen molar-refractivity contribution in [1.82, 2.24) is 9.97 Å². The highest BCUT2D eigenvalue weighted by Gasteiger charge is 2.11. The largest absolute Gasteiger partial charge is 0.488 e. The number of benzene rings is 2. The molecule has 0 bridgehead atoms. The average Bonchev–Trinajstić information content (AvgIpc) is 2.74. The Labute approximate surface area is 183 Å². The minimum Gasteiger partial charge on any atom is -0.488 e. The number of nitrogens with one attached hydrogen (secondary N) is 1. The summed E-state index contributed by atoms with van der Waals surface area (Å²) in [6, 6.07) is 13.1. The fraction of sp³-hybridized carbons (Fsp3) is 0.0870. The number of carbonyl (C=O) groups excluding carboxylic acids is 1. The van der Waals surface area contributed by atoms with Crippen molar-refractivity contribution in [2.75, 3.05) is 11.9 Å². The minimum atomic E-state index is -0.206. The van der Waals surface area contributed by atoms with E-state index in [2.05, 4.69) is 15.3 Å². The van der Waals surface area contributed by atoms with Crippen molar-refractivity contribution in [3.05, 3.63) is 88.7 Å². The summed E-state index contributed by atoms with van der Waals surface area (Å²) < 4.78 is 5.70. The van der Waals surface area contributed by atoms with Gasteiger partial charge in [0, 0.05) is 39.6 Å². The van der Waals surface area contributed by atoms with Crippen LogP contribution in [0, 0.1) is 6.92 Å². The van der Waals surface area contributed by atoms with Gasteiger partial charge in [-0.05, 0) is 78.4 Å². The molecule has 1 aliphatic rings. The Balaban J connectivity index is 1.40. The van der Waals surface area contributed by atoms with E-state index in [1.165, 1.54) is 17.8 Å². The molecular formula is C23H18ClN3O2S. The number of carbonyl (C=O) groups is 1. The Morgan fingerprint density at radius 1 is 1.20 bits per heavy atom. The summed E-state index contributed by atoms with van der Waals surface area (Å²) in [5.74, 6) is 0.582. The van der Waals surface area contributed by atoms with Crippen LogP contribution in [0.4, 0.5) is 5.69 Å². The maximum absolute atomic E-state index is 12.4. The zero-order valence-corrected chi connectivity index (χ0v) is 17.7. The van der Waals surface area contributed by atoms with Crippen LogP contribution in [0.15, 0.2) is 82.6 Å². The Hall–Kier alpha value is -3.09. The Morgan fingerprint density at radius 3 is 2.83 bits per heavy atom. The SMILES string of the molecule is Cc1cc(Sc2ncccn2)ccc1NC(=O)/C=C/C1=Cc2cc(Cl)ccc2OC1. The molecule has 5 nitrogen and oxygen atoms in total. The number of nitrogens with zero attached hydrogens (tertiary/aromatic N) is 2. The molecule has 0 atom stereocenters. The standard InChI is InChI=1S/C23H18ClN3O2S/c1-15-11-19(30-23-25-9-2-10-26-23)5-6-20(15)27-22(28)8-3-16-12-17-13-18(24)4-7-21(17)29-14-16/h2-13H,14H2,1H3,(H,27,28)/b8-3+. The molecule has 0 aliphatic carbocycles. The van der Waals surface area contributed by atoms with Crippen LogP contribution >= 0.6 is 23.4 Å². The first-order valence-electron chi connectivity index (χ1n) is 9.24. The highest BCUT2D eigenvalue weighted by molar-refractivity contribution is 7.99. The lowest BCUT2D eigenvalue weighted by Crippen LogP contribution is -2.10. The van der Waals surface area contributed by atoms with Gasteiger partial charge in [0.1, 0.15) is 12.4 Å². The second-order valence-corrected chi connectivity index (χ2v) is 8.10. The van der Waals surface area contributed by atoms with Gasteiger partial charge in [0.25, 0.3) is 0 Å². The van der Waals surface area contributed by atoms with Gasteiger partial charge in [-0.2, -0.15) is 0 Å². The van der Waals surface area contributed by atoms with Gasteiger partial charge >= 0.3 is 0 Å². The van der Waals surface area contributed by atoms with Gasteiger partial charge in [0.2, 0.25) is 5.91 Å². The lowest BCUT2D eigenvalue weighted by atomic mass is 10.1. The van der Waals surface area contributed by atoms with E-state index in [4.69, 9.17) is 16.3 Å². The molecule has 0 unspecified atom stereocenters. The molecule has 1 N–H and O–H groups in total. The zero-order valence-electron chi connectivity index (χ0n) is 16.1. The monoisotopic (exact) mass is 435 g/mol. The summed E-state index contributed by atoms with van der Waals surface area (Å²) in [4.78, 5) is 21.8. The number of fused-ring (bicyclic) bond motifs is 1. The summed E-state index contributed by atoms with van der Waals surface area (Å²) >= 11 is 7.51. The number of hydrogen-bond acceptors (Lipinski definition) is 5. The second-order valence-electron chi connectivity index (χ2n) is 6.62. The quantitative estimate of drug-likeness (QED) is 0.420. The van der Waals surface area contributed by atoms with Crippen LogP contribution in [-0.2, 0) is 4.79 Å². The molecule has 1 amide bonds. The van der Waals surface area contributed by atoms with Crippen LogP contribution in [0.3, 0.4) is 0 Å². The maximum Gasteiger partial charge on any atom is 0.248 e. The van der Waals surface area contributed by atoms with Crippen molar-refractivity contribution < 1.29 is 9.53 Å². The van der Waals surface area contributed by atoms with E-state index in [-0.39, 0.29) is 5.91 Å². The Morgan fingerprint density at radius 2 is 2.03 bits per heavy atom. The zero-order chi connectivity index (χ0) is 20.9. The first-order chi connectivity index (χ1) is 14.6. The van der Waals surface area contributed by atoms with Crippen molar-refractivity contribution in [3.63, 3.8) is 0 Å². The molecule has 3 aromatic rings. The van der Waals surface area contributed by atoms with E-state index in [0.29, 0.717) is 16.8 Å². The van der Waals surface area contributed by atoms with Crippen LogP contribution in [0.25, 0.3) is 6.08 Å². The first kappa shape index (κ1) is 20.2. The smallest absolute Gasteiger partial charge is 0.248 e. The van der Waals surface area contributed by atoms with Crippen LogP contribution in [-0.4, -0.2) is 22.5 Å². The van der Waals surface area contributed by atoms with Crippen molar-refractivity contribution in [3.8, 4) is 5.75 Å². The molecule has 1 aromatic heterocycles. The van der Waals surface area contributed by atoms with Gasteiger partial charge in [-0.3, -0.25) is 4.79 Å². The molecule has 0 radical (unpaired) electrons. The lowest BCUT2D eigenvalue weighted by Gasteiger charge is -2.16. The second kappa shape index (κ2) is 9.15. The number of ether oxygens (including phenoxy) is 1. The third kappa shape index (κ3) is 5.09. The Bertz CT molecular complexity index is 1150. The molecule has 4 rings (SSSR count). The molecule has 0 spiro atoms. The van der Waals surface area contributed by atoms with Crippen LogP contribution in [0.5, 0.6) is 5.75 Å². The fourth-order valence-corrected chi connectivity index (χ4v) is 3.89. The number of aryl methyl sites for hydroxylation is 1. The normalized spacial score (nSPS) is 12.8. The first-order valence-corrected chi connectivity index (χ1v) is 10.4. The minimum absolute atomic E-state index is 0.206. The fourth-order valence-electron chi connectivity index (χ4n) is 2.90. The summed E-state index contributed by atoms with van der Waals surface area (Å²) in [5.41, 5.74) is 3.52. The molecule has 2 heterocycles. The molecule has 30 heavy (non-hydrogen) atoms. The van der Waals surface area contributed by atoms with Crippen LogP contribution < -0.4 is 10.1 Å². The molecular weight excluding hydrogens is 418 g/mol. The number of hydrogen-bond donors (Lipinski definition) is 1. The van der Waals surface area contributed by atoms with E-state index in [1.807, 2.05) is 43.3 Å². The maximum atomic E-state index is 12.4.